The lowest BCUT2D eigenvalue weighted by Crippen LogP contribution is -1.93. The third kappa shape index (κ3) is 4.57. The monoisotopic (exact) mass is 636 g/mol. The van der Waals surface area contributed by atoms with Gasteiger partial charge in [0.15, 0.2) is 0 Å². The Balaban J connectivity index is 0.926. The molecule has 0 N–H and O–H groups in total. The van der Waals surface area contributed by atoms with Crippen molar-refractivity contribution in [2.24, 2.45) is 0 Å². The molecule has 8 aromatic carbocycles. The largest absolute Gasteiger partial charge is 0.309 e. The molecule has 0 saturated heterocycles. The summed E-state index contributed by atoms with van der Waals surface area (Å²) in [5.74, 6) is 0. The molecule has 0 unspecified atom stereocenters. The molecule has 2 heterocycles. The highest BCUT2D eigenvalue weighted by Crippen LogP contribution is 2.35. The van der Waals surface area contributed by atoms with Crippen molar-refractivity contribution in [1.82, 2.24) is 9.13 Å². The number of para-hydroxylation sites is 4. The molecular formula is C48H32N2. The van der Waals surface area contributed by atoms with Crippen LogP contribution < -0.4 is 0 Å². The van der Waals surface area contributed by atoms with Crippen LogP contribution in [-0.4, -0.2) is 9.13 Å². The van der Waals surface area contributed by atoms with Crippen LogP contribution in [0, 0.1) is 0 Å². The summed E-state index contributed by atoms with van der Waals surface area (Å²) in [6.07, 6.45) is 0. The van der Waals surface area contributed by atoms with Gasteiger partial charge in [-0.05, 0) is 88.0 Å². The second-order valence-electron chi connectivity index (χ2n) is 13.0. The summed E-state index contributed by atoms with van der Waals surface area (Å²) in [7, 11) is 0. The summed E-state index contributed by atoms with van der Waals surface area (Å²) in [5, 5.41) is 5.12. The molecule has 0 aliphatic rings. The van der Waals surface area contributed by atoms with Gasteiger partial charge in [-0.15, -0.1) is 0 Å². The predicted octanol–water partition coefficient (Wildman–Crippen LogP) is 12.9. The van der Waals surface area contributed by atoms with Crippen LogP contribution in [0.4, 0.5) is 0 Å². The SMILES string of the molecule is c1cc(-c2ccc(-c3ccc(-n4c5ccccc5c5ccccc54)cc3)cc2)cc(-c2ccc(-n3c4ccccc4c4ccccc43)cc2)c1. The van der Waals surface area contributed by atoms with E-state index in [4.69, 9.17) is 0 Å². The Morgan fingerprint density at radius 2 is 0.500 bits per heavy atom. The maximum atomic E-state index is 2.37. The molecule has 0 bridgehead atoms. The zero-order valence-corrected chi connectivity index (χ0v) is 27.4. The quantitative estimate of drug-likeness (QED) is 0.178. The molecule has 0 fully saturated rings. The molecule has 2 aromatic heterocycles. The Bertz CT molecular complexity index is 2730. The van der Waals surface area contributed by atoms with Gasteiger partial charge < -0.3 is 9.13 Å². The zero-order chi connectivity index (χ0) is 33.0. The van der Waals surface area contributed by atoms with Crippen molar-refractivity contribution >= 4 is 43.6 Å². The van der Waals surface area contributed by atoms with Crippen molar-refractivity contribution in [3.05, 3.63) is 194 Å². The van der Waals surface area contributed by atoms with E-state index < -0.39 is 0 Å². The first-order valence-corrected chi connectivity index (χ1v) is 17.2. The Morgan fingerprint density at radius 1 is 0.220 bits per heavy atom. The number of fused-ring (bicyclic) bond motifs is 6. The van der Waals surface area contributed by atoms with E-state index in [1.54, 1.807) is 0 Å². The third-order valence-corrected chi connectivity index (χ3v) is 10.2. The molecule has 0 atom stereocenters. The lowest BCUT2D eigenvalue weighted by molar-refractivity contribution is 1.18. The summed E-state index contributed by atoms with van der Waals surface area (Å²) >= 11 is 0. The summed E-state index contributed by atoms with van der Waals surface area (Å²) in [6, 6.07) is 70.3. The van der Waals surface area contributed by atoms with Gasteiger partial charge in [0.25, 0.3) is 0 Å². The highest BCUT2D eigenvalue weighted by molar-refractivity contribution is 6.10. The van der Waals surface area contributed by atoms with Gasteiger partial charge in [-0.3, -0.25) is 0 Å². The van der Waals surface area contributed by atoms with E-state index in [-0.39, 0.29) is 0 Å². The first kappa shape index (κ1) is 28.4. The smallest absolute Gasteiger partial charge is 0.0541 e. The molecule has 10 aromatic rings. The molecule has 0 saturated carbocycles. The summed E-state index contributed by atoms with van der Waals surface area (Å²) < 4.78 is 4.73. The Kier molecular flexibility index (Phi) is 6.53. The highest BCUT2D eigenvalue weighted by atomic mass is 15.0. The maximum Gasteiger partial charge on any atom is 0.0541 e. The van der Waals surface area contributed by atoms with Gasteiger partial charge in [-0.1, -0.05) is 140 Å². The standard InChI is InChI=1S/C48H32N2/c1-5-16-45-41(12-1)42-13-2-6-17-46(42)49(45)39-28-24-34(25-29-39)33-20-22-35(23-21-33)37-10-9-11-38(32-37)36-26-30-40(31-27-36)50-47-18-7-3-14-43(47)44-15-4-8-19-48(44)50/h1-32H. The van der Waals surface area contributed by atoms with Crippen LogP contribution in [0.2, 0.25) is 0 Å². The molecule has 234 valence electrons. The van der Waals surface area contributed by atoms with Gasteiger partial charge in [0.2, 0.25) is 0 Å². The number of hydrogen-bond donors (Lipinski definition) is 0. The maximum absolute atomic E-state index is 2.37. The predicted molar refractivity (Wildman–Crippen MR) is 211 cm³/mol. The molecular weight excluding hydrogens is 605 g/mol. The van der Waals surface area contributed by atoms with E-state index >= 15 is 0 Å². The number of benzene rings is 8. The molecule has 50 heavy (non-hydrogen) atoms. The minimum Gasteiger partial charge on any atom is -0.309 e. The Labute approximate surface area is 290 Å². The topological polar surface area (TPSA) is 9.86 Å². The van der Waals surface area contributed by atoms with Gasteiger partial charge in [-0.25, -0.2) is 0 Å². The van der Waals surface area contributed by atoms with Crippen LogP contribution in [0.5, 0.6) is 0 Å². The first-order chi connectivity index (χ1) is 24.8. The van der Waals surface area contributed by atoms with Crippen molar-refractivity contribution in [1.29, 1.82) is 0 Å². The minimum atomic E-state index is 1.17. The fraction of sp³-hybridized carbons (Fsp3) is 0. The second kappa shape index (κ2) is 11.5. The number of rotatable bonds is 5. The van der Waals surface area contributed by atoms with Gasteiger partial charge in [0, 0.05) is 32.9 Å². The van der Waals surface area contributed by atoms with Gasteiger partial charge in [-0.2, -0.15) is 0 Å². The van der Waals surface area contributed by atoms with Crippen molar-refractivity contribution in [2.45, 2.75) is 0 Å². The van der Waals surface area contributed by atoms with Crippen LogP contribution >= 0.6 is 0 Å². The lowest BCUT2D eigenvalue weighted by Gasteiger charge is -2.11. The molecule has 0 aliphatic heterocycles. The van der Waals surface area contributed by atoms with Crippen LogP contribution in [0.3, 0.4) is 0 Å². The van der Waals surface area contributed by atoms with Crippen LogP contribution in [0.1, 0.15) is 0 Å². The normalized spacial score (nSPS) is 11.6. The highest BCUT2D eigenvalue weighted by Gasteiger charge is 2.13. The number of aromatic nitrogens is 2. The summed E-state index contributed by atoms with van der Waals surface area (Å²) in [6.45, 7) is 0. The Morgan fingerprint density at radius 3 is 0.840 bits per heavy atom. The molecule has 0 amide bonds. The molecule has 0 spiro atoms. The summed E-state index contributed by atoms with van der Waals surface area (Å²) in [4.78, 5) is 0. The first-order valence-electron chi connectivity index (χ1n) is 17.2. The zero-order valence-electron chi connectivity index (χ0n) is 27.4. The number of nitrogens with zero attached hydrogens (tertiary/aromatic N) is 2. The van der Waals surface area contributed by atoms with E-state index in [2.05, 4.69) is 203 Å². The molecule has 0 aliphatic carbocycles. The fourth-order valence-electron chi connectivity index (χ4n) is 7.74. The van der Waals surface area contributed by atoms with Crippen LogP contribution in [-0.2, 0) is 0 Å². The second-order valence-corrected chi connectivity index (χ2v) is 13.0. The molecule has 10 rings (SSSR count). The molecule has 0 radical (unpaired) electrons. The fourth-order valence-corrected chi connectivity index (χ4v) is 7.74. The average molecular weight is 637 g/mol. The minimum absolute atomic E-state index is 1.17. The van der Waals surface area contributed by atoms with Crippen molar-refractivity contribution in [3.63, 3.8) is 0 Å². The van der Waals surface area contributed by atoms with Crippen LogP contribution in [0.25, 0.3) is 88.4 Å². The third-order valence-electron chi connectivity index (χ3n) is 10.2. The lowest BCUT2D eigenvalue weighted by atomic mass is 9.97. The molecule has 2 nitrogen and oxygen atoms in total. The van der Waals surface area contributed by atoms with Gasteiger partial charge in [0.05, 0.1) is 22.1 Å². The van der Waals surface area contributed by atoms with Crippen molar-refractivity contribution in [2.75, 3.05) is 0 Å². The van der Waals surface area contributed by atoms with Crippen molar-refractivity contribution in [3.8, 4) is 44.8 Å². The summed E-state index contributed by atoms with van der Waals surface area (Å²) in [5.41, 5.74) is 14.5. The van der Waals surface area contributed by atoms with E-state index in [0.29, 0.717) is 0 Å². The molecule has 2 heteroatoms. The van der Waals surface area contributed by atoms with E-state index in [1.165, 1.54) is 88.4 Å². The Hall–Kier alpha value is -6.64. The van der Waals surface area contributed by atoms with E-state index in [9.17, 15) is 0 Å². The van der Waals surface area contributed by atoms with E-state index in [0.717, 1.165) is 0 Å². The van der Waals surface area contributed by atoms with Crippen molar-refractivity contribution < 1.29 is 0 Å². The van der Waals surface area contributed by atoms with Gasteiger partial charge >= 0.3 is 0 Å². The van der Waals surface area contributed by atoms with E-state index in [1.807, 2.05) is 0 Å². The number of hydrogen-bond acceptors (Lipinski definition) is 0. The van der Waals surface area contributed by atoms with Crippen LogP contribution in [0.15, 0.2) is 194 Å². The average Bonchev–Trinajstić information content (AvgIpc) is 3.71. The van der Waals surface area contributed by atoms with Gasteiger partial charge in [0.1, 0.15) is 0 Å².